The van der Waals surface area contributed by atoms with Crippen LogP contribution in [0.4, 0.5) is 15.8 Å². The fraction of sp³-hybridized carbons (Fsp3) is 0.727. The molecule has 6 heterocycles. The minimum absolute atomic E-state index is 0.189. The van der Waals surface area contributed by atoms with Gasteiger partial charge >= 0.3 is 0 Å². The highest BCUT2D eigenvalue weighted by atomic mass is 35.5. The van der Waals surface area contributed by atoms with Crippen molar-refractivity contribution in [3.05, 3.63) is 17.4 Å². The lowest BCUT2D eigenvalue weighted by atomic mass is 10.0. The number of hydrazine groups is 1. The summed E-state index contributed by atoms with van der Waals surface area (Å²) in [6, 6.07) is 0.906. The molecule has 0 bridgehead atoms. The quantitative estimate of drug-likeness (QED) is 0.397. The number of anilines is 2. The van der Waals surface area contributed by atoms with E-state index in [-0.39, 0.29) is 25.2 Å². The molecule has 5 unspecified atom stereocenters. The van der Waals surface area contributed by atoms with Crippen LogP contribution in [0.1, 0.15) is 0 Å². The van der Waals surface area contributed by atoms with Crippen molar-refractivity contribution in [1.29, 1.82) is 0 Å². The van der Waals surface area contributed by atoms with Crippen LogP contribution in [0.25, 0.3) is 0 Å². The van der Waals surface area contributed by atoms with Gasteiger partial charge in [-0.1, -0.05) is 11.6 Å². The van der Waals surface area contributed by atoms with E-state index in [4.69, 9.17) is 22.1 Å². The van der Waals surface area contributed by atoms with Crippen LogP contribution < -0.4 is 26.7 Å². The second kappa shape index (κ2) is 9.67. The third-order valence-electron chi connectivity index (χ3n) is 7.93. The number of carbonyl (C=O) groups excluding carboxylic acids is 1. The van der Waals surface area contributed by atoms with E-state index in [2.05, 4.69) is 35.7 Å². The number of carbonyl (C=O) groups is 1. The Morgan fingerprint density at radius 3 is 2.74 bits per heavy atom. The van der Waals surface area contributed by atoms with Crippen LogP contribution in [0.5, 0.6) is 0 Å². The van der Waals surface area contributed by atoms with Crippen LogP contribution >= 0.6 is 11.6 Å². The number of nitrogens with one attached hydrogen (secondary N) is 3. The van der Waals surface area contributed by atoms with E-state index < -0.39 is 18.3 Å². The number of piperazine rings is 2. The molecule has 6 rings (SSSR count). The van der Waals surface area contributed by atoms with Gasteiger partial charge in [-0.15, -0.1) is 0 Å². The molecule has 5 atom stereocenters. The summed E-state index contributed by atoms with van der Waals surface area (Å²) < 4.78 is 19.2. The Labute approximate surface area is 209 Å². The maximum atomic E-state index is 13.8. The molecule has 0 saturated carbocycles. The molecule has 13 heteroatoms. The number of rotatable bonds is 4. The van der Waals surface area contributed by atoms with Gasteiger partial charge in [0.15, 0.2) is 0 Å². The predicted octanol–water partition coefficient (Wildman–Crippen LogP) is -1.13. The van der Waals surface area contributed by atoms with Gasteiger partial charge in [0.2, 0.25) is 5.91 Å². The lowest BCUT2D eigenvalue weighted by molar-refractivity contribution is -0.121. The Hall–Kier alpha value is -1.64. The summed E-state index contributed by atoms with van der Waals surface area (Å²) in [7, 11) is 0. The molecule has 5 saturated heterocycles. The number of hydrogen-bond donors (Lipinski definition) is 4. The van der Waals surface area contributed by atoms with Crippen LogP contribution in [0.3, 0.4) is 0 Å². The first-order valence-electron chi connectivity index (χ1n) is 12.4. The Bertz CT molecular complexity index is 956. The van der Waals surface area contributed by atoms with E-state index in [1.54, 1.807) is 17.4 Å². The molecule has 1 aromatic rings. The zero-order chi connectivity index (χ0) is 24.1. The summed E-state index contributed by atoms with van der Waals surface area (Å²) in [5.41, 5.74) is 10.6. The molecule has 0 spiro atoms. The van der Waals surface area contributed by atoms with Crippen molar-refractivity contribution in [2.45, 2.75) is 30.6 Å². The van der Waals surface area contributed by atoms with Crippen LogP contribution in [0, 0.1) is 5.92 Å². The number of alkyl halides is 1. The van der Waals surface area contributed by atoms with Gasteiger partial charge in [-0.3, -0.25) is 24.9 Å². The number of pyridine rings is 1. The molecular weight excluding hydrogens is 477 g/mol. The highest BCUT2D eigenvalue weighted by Crippen LogP contribution is 2.36. The Kier molecular flexibility index (Phi) is 6.56. The highest BCUT2D eigenvalue weighted by molar-refractivity contribution is 6.34. The second-order valence-corrected chi connectivity index (χ2v) is 10.5. The molecule has 1 aromatic heterocycles. The van der Waals surface area contributed by atoms with Gasteiger partial charge in [0.05, 0.1) is 60.1 Å². The van der Waals surface area contributed by atoms with Gasteiger partial charge in [0.25, 0.3) is 0 Å². The largest absolute Gasteiger partial charge is 0.378 e. The third kappa shape index (κ3) is 4.51. The first-order chi connectivity index (χ1) is 17.0. The van der Waals surface area contributed by atoms with E-state index in [0.717, 1.165) is 58.2 Å². The fourth-order valence-corrected chi connectivity index (χ4v) is 6.26. The van der Waals surface area contributed by atoms with Gasteiger partial charge < -0.3 is 20.7 Å². The Morgan fingerprint density at radius 2 is 1.94 bits per heavy atom. The number of nitrogens with two attached hydrogens (primary N) is 1. The summed E-state index contributed by atoms with van der Waals surface area (Å²) in [5, 5.41) is 8.32. The lowest BCUT2D eigenvalue weighted by Gasteiger charge is -2.51. The molecule has 5 fully saturated rings. The smallest absolute Gasteiger partial charge is 0.233 e. The summed E-state index contributed by atoms with van der Waals surface area (Å²) in [4.78, 5) is 25.0. The van der Waals surface area contributed by atoms with Crippen LogP contribution in [0.2, 0.25) is 5.02 Å². The van der Waals surface area contributed by atoms with Crippen molar-refractivity contribution in [2.24, 2.45) is 11.7 Å². The molecule has 0 radical (unpaired) electrons. The van der Waals surface area contributed by atoms with Crippen LogP contribution in [-0.4, -0.2) is 122 Å². The Morgan fingerprint density at radius 1 is 1.14 bits per heavy atom. The fourth-order valence-electron chi connectivity index (χ4n) is 5.98. The second-order valence-electron chi connectivity index (χ2n) is 10.1. The lowest BCUT2D eigenvalue weighted by Crippen LogP contribution is -2.65. The highest BCUT2D eigenvalue weighted by Gasteiger charge is 2.47. The topological polar surface area (TPSA) is 114 Å². The molecule has 35 heavy (non-hydrogen) atoms. The van der Waals surface area contributed by atoms with Gasteiger partial charge in [-0.25, -0.2) is 14.8 Å². The van der Waals surface area contributed by atoms with Crippen LogP contribution in [0.15, 0.2) is 12.4 Å². The molecule has 1 amide bonds. The minimum atomic E-state index is -1.01. The summed E-state index contributed by atoms with van der Waals surface area (Å²) in [6.45, 7) is 7.72. The van der Waals surface area contributed by atoms with Crippen molar-refractivity contribution in [3.63, 3.8) is 0 Å². The molecule has 0 aromatic carbocycles. The first kappa shape index (κ1) is 23.7. The average molecular weight is 510 g/mol. The standard InChI is InChI=1S/C22H33ClFN9O2/c23-16-6-26-7-17(28-22(34)18-20(25)29-33-8-13(24)5-27-21(18)33)19(16)32-4-2-30-1-3-31(9-14(30)10-32)15-11-35-12-15/h6-7,13-15,18,20-21,27,29H,1-5,8-12,25H2,(H,28,34). The van der Waals surface area contributed by atoms with Crippen molar-refractivity contribution >= 4 is 28.9 Å². The van der Waals surface area contributed by atoms with Gasteiger partial charge in [0.1, 0.15) is 6.17 Å². The van der Waals surface area contributed by atoms with Gasteiger partial charge in [-0.05, 0) is 0 Å². The normalized spacial score (nSPS) is 34.8. The summed E-state index contributed by atoms with van der Waals surface area (Å²) >= 11 is 6.65. The molecular formula is C22H33ClFN9O2. The monoisotopic (exact) mass is 509 g/mol. The van der Waals surface area contributed by atoms with Crippen molar-refractivity contribution < 1.29 is 13.9 Å². The predicted molar refractivity (Wildman–Crippen MR) is 130 cm³/mol. The molecule has 192 valence electrons. The first-order valence-corrected chi connectivity index (χ1v) is 12.8. The molecule has 5 aliphatic rings. The third-order valence-corrected chi connectivity index (χ3v) is 8.21. The van der Waals surface area contributed by atoms with Gasteiger partial charge in [-0.2, -0.15) is 0 Å². The molecule has 5 N–H and O–H groups in total. The summed E-state index contributed by atoms with van der Waals surface area (Å²) in [6.07, 6.45) is 1.25. The molecule has 11 nitrogen and oxygen atoms in total. The van der Waals surface area contributed by atoms with E-state index in [0.29, 0.717) is 22.8 Å². The SMILES string of the molecule is NC1NN2CC(F)CNC2C1C(=O)Nc1cncc(Cl)c1N1CCN2CCN(C3COC3)CC2C1. The Balaban J connectivity index is 1.18. The summed E-state index contributed by atoms with van der Waals surface area (Å²) in [5.74, 6) is -0.845. The number of amides is 1. The zero-order valence-corrected chi connectivity index (χ0v) is 20.3. The van der Waals surface area contributed by atoms with E-state index >= 15 is 0 Å². The minimum Gasteiger partial charge on any atom is -0.378 e. The maximum Gasteiger partial charge on any atom is 0.233 e. The van der Waals surface area contributed by atoms with E-state index in [9.17, 15) is 9.18 Å². The number of halogens is 2. The van der Waals surface area contributed by atoms with E-state index in [1.165, 1.54) is 0 Å². The van der Waals surface area contributed by atoms with Crippen molar-refractivity contribution in [2.75, 3.05) is 75.8 Å². The number of fused-ring (bicyclic) bond motifs is 2. The van der Waals surface area contributed by atoms with E-state index in [1.807, 2.05) is 0 Å². The number of hydrogen-bond acceptors (Lipinski definition) is 10. The molecule has 0 aliphatic carbocycles. The van der Waals surface area contributed by atoms with Gasteiger partial charge in [0, 0.05) is 64.6 Å². The number of ether oxygens (including phenoxy) is 1. The van der Waals surface area contributed by atoms with Crippen molar-refractivity contribution in [3.8, 4) is 0 Å². The zero-order valence-electron chi connectivity index (χ0n) is 19.6. The number of aromatic nitrogens is 1. The average Bonchev–Trinajstić information content (AvgIpc) is 3.12. The molecule has 5 aliphatic heterocycles. The maximum absolute atomic E-state index is 13.8. The number of nitrogens with zero attached hydrogens (tertiary/aromatic N) is 5. The van der Waals surface area contributed by atoms with Crippen molar-refractivity contribution in [1.82, 2.24) is 30.5 Å². The van der Waals surface area contributed by atoms with Crippen LogP contribution in [-0.2, 0) is 9.53 Å².